The van der Waals surface area contributed by atoms with E-state index in [2.05, 4.69) is 9.47 Å². The van der Waals surface area contributed by atoms with E-state index in [1.165, 1.54) is 0 Å². The van der Waals surface area contributed by atoms with Crippen LogP contribution >= 0.6 is 0 Å². The number of hydrogen-bond donors (Lipinski definition) is 0. The Bertz CT molecular complexity index is 251. The zero-order chi connectivity index (χ0) is 11.6. The van der Waals surface area contributed by atoms with Gasteiger partial charge < -0.3 is 9.47 Å². The van der Waals surface area contributed by atoms with E-state index in [-0.39, 0.29) is 0 Å². The third-order valence-corrected chi connectivity index (χ3v) is 2.53. The van der Waals surface area contributed by atoms with Gasteiger partial charge in [0.25, 0.3) is 0 Å². The molecule has 1 rings (SSSR count). The minimum atomic E-state index is -3.00. The average molecular weight is 222 g/mol. The largest absolute Gasteiger partial charge is 0.469 e. The summed E-state index contributed by atoms with van der Waals surface area (Å²) in [6, 6.07) is 0. The summed E-state index contributed by atoms with van der Waals surface area (Å²) in [6.07, 6.45) is -1.31. The van der Waals surface area contributed by atoms with Crippen LogP contribution < -0.4 is 0 Å². The monoisotopic (exact) mass is 222 g/mol. The molecule has 4 nitrogen and oxygen atoms in total. The Kier molecular flexibility index (Phi) is 3.26. The Hall–Kier alpha value is -1.20. The molecule has 15 heavy (non-hydrogen) atoms. The summed E-state index contributed by atoms with van der Waals surface area (Å²) in [5.41, 5.74) is 0. The van der Waals surface area contributed by atoms with E-state index >= 15 is 0 Å². The predicted molar refractivity (Wildman–Crippen MR) is 45.2 cm³/mol. The summed E-state index contributed by atoms with van der Waals surface area (Å²) >= 11 is 0. The second-order valence-corrected chi connectivity index (χ2v) is 3.52. The fourth-order valence-corrected chi connectivity index (χ4v) is 1.81. The molecule has 86 valence electrons. The van der Waals surface area contributed by atoms with Crippen molar-refractivity contribution in [1.29, 1.82) is 0 Å². The lowest BCUT2D eigenvalue weighted by Gasteiger charge is -2.13. The standard InChI is InChI=1S/C9H12F2O4/c1-14-7(12)5-3-9(10,11)4-6(5)8(13)15-2/h5-6H,3-4H2,1-2H3/t5-,6+. The van der Waals surface area contributed by atoms with E-state index < -0.39 is 42.5 Å². The Morgan fingerprint density at radius 2 is 1.40 bits per heavy atom. The van der Waals surface area contributed by atoms with Gasteiger partial charge in [0, 0.05) is 12.8 Å². The number of alkyl halides is 2. The number of hydrogen-bond acceptors (Lipinski definition) is 4. The molecule has 0 aromatic heterocycles. The van der Waals surface area contributed by atoms with Gasteiger partial charge in [-0.05, 0) is 0 Å². The highest BCUT2D eigenvalue weighted by Crippen LogP contribution is 2.44. The lowest BCUT2D eigenvalue weighted by molar-refractivity contribution is -0.156. The molecule has 1 aliphatic carbocycles. The van der Waals surface area contributed by atoms with E-state index in [4.69, 9.17) is 0 Å². The van der Waals surface area contributed by atoms with Crippen molar-refractivity contribution in [2.24, 2.45) is 11.8 Å². The van der Waals surface area contributed by atoms with Crippen LogP contribution in [0.3, 0.4) is 0 Å². The summed E-state index contributed by atoms with van der Waals surface area (Å²) in [7, 11) is 2.21. The van der Waals surface area contributed by atoms with Gasteiger partial charge in [-0.15, -0.1) is 0 Å². The van der Waals surface area contributed by atoms with Gasteiger partial charge in [0.2, 0.25) is 5.92 Å². The predicted octanol–water partition coefficient (Wildman–Crippen LogP) is 0.994. The highest BCUT2D eigenvalue weighted by atomic mass is 19.3. The molecule has 0 bridgehead atoms. The number of rotatable bonds is 2. The number of esters is 2. The van der Waals surface area contributed by atoms with Gasteiger partial charge in [-0.2, -0.15) is 0 Å². The molecule has 0 radical (unpaired) electrons. The summed E-state index contributed by atoms with van der Waals surface area (Å²) in [5, 5.41) is 0. The minimum Gasteiger partial charge on any atom is -0.469 e. The molecule has 1 fully saturated rings. The van der Waals surface area contributed by atoms with Crippen LogP contribution in [0, 0.1) is 11.8 Å². The molecule has 0 amide bonds. The van der Waals surface area contributed by atoms with Gasteiger partial charge >= 0.3 is 11.9 Å². The van der Waals surface area contributed by atoms with Crippen LogP contribution in [0.1, 0.15) is 12.8 Å². The third kappa shape index (κ3) is 2.43. The maximum absolute atomic E-state index is 13.0. The molecule has 0 N–H and O–H groups in total. The molecule has 6 heteroatoms. The Labute approximate surface area is 85.5 Å². The molecule has 0 heterocycles. The lowest BCUT2D eigenvalue weighted by Crippen LogP contribution is -2.27. The zero-order valence-electron chi connectivity index (χ0n) is 8.46. The topological polar surface area (TPSA) is 52.6 Å². The fraction of sp³-hybridized carbons (Fsp3) is 0.778. The van der Waals surface area contributed by atoms with E-state index in [0.29, 0.717) is 0 Å². The molecule has 1 saturated carbocycles. The Morgan fingerprint density at radius 1 is 1.07 bits per heavy atom. The quantitative estimate of drug-likeness (QED) is 0.654. The maximum atomic E-state index is 13.0. The lowest BCUT2D eigenvalue weighted by atomic mass is 9.96. The molecule has 0 aliphatic heterocycles. The highest BCUT2D eigenvalue weighted by molar-refractivity contribution is 5.82. The van der Waals surface area contributed by atoms with Gasteiger partial charge in [-0.1, -0.05) is 0 Å². The van der Waals surface area contributed by atoms with Crippen molar-refractivity contribution < 1.29 is 27.8 Å². The Morgan fingerprint density at radius 3 is 1.67 bits per heavy atom. The third-order valence-electron chi connectivity index (χ3n) is 2.53. The van der Waals surface area contributed by atoms with Gasteiger partial charge in [-0.25, -0.2) is 8.78 Å². The number of halogens is 2. The number of carbonyl (C=O) groups is 2. The summed E-state index contributed by atoms with van der Waals surface area (Å²) in [5.74, 6) is -6.78. The van der Waals surface area contributed by atoms with Crippen molar-refractivity contribution in [3.8, 4) is 0 Å². The fourth-order valence-electron chi connectivity index (χ4n) is 1.81. The first-order valence-corrected chi connectivity index (χ1v) is 4.45. The molecule has 0 aromatic rings. The SMILES string of the molecule is COC(=O)[C@H]1CC(F)(F)C[C@H]1C(=O)OC. The van der Waals surface area contributed by atoms with Crippen molar-refractivity contribution in [2.45, 2.75) is 18.8 Å². The Balaban J connectivity index is 2.83. The minimum absolute atomic E-state index is 0.653. The number of methoxy groups -OCH3 is 2. The second-order valence-electron chi connectivity index (χ2n) is 3.52. The summed E-state index contributed by atoms with van der Waals surface area (Å²) in [4.78, 5) is 22.3. The van der Waals surface area contributed by atoms with Crippen LogP contribution in [0.25, 0.3) is 0 Å². The first-order valence-electron chi connectivity index (χ1n) is 4.45. The van der Waals surface area contributed by atoms with Crippen LogP contribution in [-0.2, 0) is 19.1 Å². The number of carbonyl (C=O) groups excluding carboxylic acids is 2. The molecule has 0 spiro atoms. The van der Waals surface area contributed by atoms with E-state index in [1.807, 2.05) is 0 Å². The van der Waals surface area contributed by atoms with Gasteiger partial charge in [-0.3, -0.25) is 9.59 Å². The highest BCUT2D eigenvalue weighted by Gasteiger charge is 2.53. The van der Waals surface area contributed by atoms with Gasteiger partial charge in [0.1, 0.15) is 0 Å². The van der Waals surface area contributed by atoms with Crippen molar-refractivity contribution >= 4 is 11.9 Å². The van der Waals surface area contributed by atoms with Crippen molar-refractivity contribution in [1.82, 2.24) is 0 Å². The first kappa shape index (κ1) is 11.9. The molecular weight excluding hydrogens is 210 g/mol. The number of ether oxygens (including phenoxy) is 2. The normalized spacial score (nSPS) is 28.5. The molecule has 0 saturated heterocycles. The smallest absolute Gasteiger partial charge is 0.309 e. The van der Waals surface area contributed by atoms with E-state index in [1.54, 1.807) is 0 Å². The van der Waals surface area contributed by atoms with Crippen molar-refractivity contribution in [3.63, 3.8) is 0 Å². The van der Waals surface area contributed by atoms with Gasteiger partial charge in [0.15, 0.2) is 0 Å². The van der Waals surface area contributed by atoms with Crippen LogP contribution in [0.4, 0.5) is 8.78 Å². The first-order chi connectivity index (χ1) is 6.91. The van der Waals surface area contributed by atoms with E-state index in [9.17, 15) is 18.4 Å². The van der Waals surface area contributed by atoms with Crippen LogP contribution in [0.15, 0.2) is 0 Å². The average Bonchev–Trinajstić information content (AvgIpc) is 2.52. The van der Waals surface area contributed by atoms with Crippen LogP contribution in [-0.4, -0.2) is 32.1 Å². The zero-order valence-corrected chi connectivity index (χ0v) is 8.46. The van der Waals surface area contributed by atoms with Crippen LogP contribution in [0.2, 0.25) is 0 Å². The summed E-state index contributed by atoms with van der Waals surface area (Å²) in [6.45, 7) is 0. The second kappa shape index (κ2) is 4.12. The molecule has 0 unspecified atom stereocenters. The summed E-state index contributed by atoms with van der Waals surface area (Å²) < 4.78 is 34.8. The van der Waals surface area contributed by atoms with E-state index in [0.717, 1.165) is 14.2 Å². The van der Waals surface area contributed by atoms with Crippen molar-refractivity contribution in [3.05, 3.63) is 0 Å². The van der Waals surface area contributed by atoms with Crippen molar-refractivity contribution in [2.75, 3.05) is 14.2 Å². The van der Waals surface area contributed by atoms with Crippen LogP contribution in [0.5, 0.6) is 0 Å². The molecule has 1 aliphatic rings. The molecule has 2 atom stereocenters. The molecule has 0 aromatic carbocycles. The van der Waals surface area contributed by atoms with Gasteiger partial charge in [0.05, 0.1) is 26.1 Å². The molecular formula is C9H12F2O4. The maximum Gasteiger partial charge on any atom is 0.309 e.